The van der Waals surface area contributed by atoms with E-state index in [0.29, 0.717) is 0 Å². The third-order valence-corrected chi connectivity index (χ3v) is 3.33. The SMILES string of the molecule is CCNC1(c2cccc(Cl)c2)CCC1. The van der Waals surface area contributed by atoms with Crippen LogP contribution in [0.25, 0.3) is 0 Å². The minimum absolute atomic E-state index is 0.222. The molecule has 0 aliphatic heterocycles. The highest BCUT2D eigenvalue weighted by atomic mass is 35.5. The molecule has 0 heterocycles. The van der Waals surface area contributed by atoms with Crippen molar-refractivity contribution in [1.82, 2.24) is 5.32 Å². The molecule has 1 N–H and O–H groups in total. The fourth-order valence-electron chi connectivity index (χ4n) is 2.22. The van der Waals surface area contributed by atoms with Crippen LogP contribution in [0.2, 0.25) is 5.02 Å². The van der Waals surface area contributed by atoms with E-state index in [1.54, 1.807) is 0 Å². The third kappa shape index (κ3) is 1.67. The second-order valence-corrected chi connectivity index (χ2v) is 4.41. The van der Waals surface area contributed by atoms with E-state index >= 15 is 0 Å². The summed E-state index contributed by atoms with van der Waals surface area (Å²) in [6.45, 7) is 3.18. The molecule has 1 aromatic rings. The Hall–Kier alpha value is -0.530. The highest BCUT2D eigenvalue weighted by Crippen LogP contribution is 2.41. The van der Waals surface area contributed by atoms with Gasteiger partial charge in [0.05, 0.1) is 0 Å². The number of hydrogen-bond donors (Lipinski definition) is 1. The topological polar surface area (TPSA) is 12.0 Å². The van der Waals surface area contributed by atoms with Crippen LogP contribution in [0.15, 0.2) is 24.3 Å². The van der Waals surface area contributed by atoms with Crippen LogP contribution < -0.4 is 5.32 Å². The first-order chi connectivity index (χ1) is 6.77. The Labute approximate surface area is 90.5 Å². The molecule has 1 fully saturated rings. The molecule has 0 aromatic heterocycles. The minimum atomic E-state index is 0.222. The lowest BCUT2D eigenvalue weighted by atomic mass is 9.72. The summed E-state index contributed by atoms with van der Waals surface area (Å²) in [4.78, 5) is 0. The molecule has 2 heteroatoms. The lowest BCUT2D eigenvalue weighted by Crippen LogP contribution is -2.47. The fraction of sp³-hybridized carbons (Fsp3) is 0.500. The standard InChI is InChI=1S/C12H16ClN/c1-2-14-12(7-4-8-12)10-5-3-6-11(13)9-10/h3,5-6,9,14H,2,4,7-8H2,1H3. The molecule has 0 bridgehead atoms. The van der Waals surface area contributed by atoms with Crippen molar-refractivity contribution < 1.29 is 0 Å². The smallest absolute Gasteiger partial charge is 0.0435 e. The zero-order valence-corrected chi connectivity index (χ0v) is 9.27. The molecule has 14 heavy (non-hydrogen) atoms. The van der Waals surface area contributed by atoms with Crippen molar-refractivity contribution in [2.75, 3.05) is 6.54 Å². The van der Waals surface area contributed by atoms with Gasteiger partial charge in [-0.05, 0) is 43.5 Å². The Kier molecular flexibility index (Phi) is 2.80. The van der Waals surface area contributed by atoms with Crippen molar-refractivity contribution in [1.29, 1.82) is 0 Å². The number of benzene rings is 1. The predicted octanol–water partition coefficient (Wildman–Crippen LogP) is 3.33. The number of rotatable bonds is 3. The maximum absolute atomic E-state index is 6.00. The molecule has 1 nitrogen and oxygen atoms in total. The van der Waals surface area contributed by atoms with E-state index in [0.717, 1.165) is 11.6 Å². The molecule has 1 aliphatic carbocycles. The molecule has 1 saturated carbocycles. The molecule has 0 atom stereocenters. The van der Waals surface area contributed by atoms with E-state index in [4.69, 9.17) is 11.6 Å². The van der Waals surface area contributed by atoms with Gasteiger partial charge in [-0.2, -0.15) is 0 Å². The fourth-order valence-corrected chi connectivity index (χ4v) is 2.41. The third-order valence-electron chi connectivity index (χ3n) is 3.10. The lowest BCUT2D eigenvalue weighted by Gasteiger charge is -2.43. The van der Waals surface area contributed by atoms with Crippen molar-refractivity contribution in [2.45, 2.75) is 31.7 Å². The summed E-state index contributed by atoms with van der Waals surface area (Å²) in [5, 5.41) is 4.42. The molecule has 0 spiro atoms. The molecule has 0 amide bonds. The first-order valence-corrected chi connectivity index (χ1v) is 5.66. The highest BCUT2D eigenvalue weighted by Gasteiger charge is 2.37. The van der Waals surface area contributed by atoms with Gasteiger partial charge in [0.1, 0.15) is 0 Å². The zero-order chi connectivity index (χ0) is 10.0. The second-order valence-electron chi connectivity index (χ2n) is 3.98. The second kappa shape index (κ2) is 3.92. The predicted molar refractivity (Wildman–Crippen MR) is 60.7 cm³/mol. The maximum atomic E-state index is 6.00. The Morgan fingerprint density at radius 1 is 1.43 bits per heavy atom. The molecule has 1 aliphatic rings. The molecule has 0 radical (unpaired) electrons. The van der Waals surface area contributed by atoms with Crippen molar-refractivity contribution in [3.8, 4) is 0 Å². The van der Waals surface area contributed by atoms with Gasteiger partial charge in [-0.15, -0.1) is 0 Å². The first-order valence-electron chi connectivity index (χ1n) is 5.28. The number of hydrogen-bond acceptors (Lipinski definition) is 1. The lowest BCUT2D eigenvalue weighted by molar-refractivity contribution is 0.190. The van der Waals surface area contributed by atoms with E-state index in [-0.39, 0.29) is 5.54 Å². The number of nitrogens with one attached hydrogen (secondary N) is 1. The van der Waals surface area contributed by atoms with Crippen LogP contribution in [0.1, 0.15) is 31.7 Å². The summed E-state index contributed by atoms with van der Waals surface area (Å²) < 4.78 is 0. The van der Waals surface area contributed by atoms with Crippen LogP contribution in [0.4, 0.5) is 0 Å². The quantitative estimate of drug-likeness (QED) is 0.806. The van der Waals surface area contributed by atoms with Gasteiger partial charge in [0.15, 0.2) is 0 Å². The summed E-state index contributed by atoms with van der Waals surface area (Å²) in [5.74, 6) is 0. The Morgan fingerprint density at radius 3 is 2.71 bits per heavy atom. The van der Waals surface area contributed by atoms with Crippen molar-refractivity contribution in [3.63, 3.8) is 0 Å². The Morgan fingerprint density at radius 2 is 2.21 bits per heavy atom. The molecular formula is C12H16ClN. The van der Waals surface area contributed by atoms with Gasteiger partial charge in [0.25, 0.3) is 0 Å². The monoisotopic (exact) mass is 209 g/mol. The van der Waals surface area contributed by atoms with E-state index in [2.05, 4.69) is 24.4 Å². The molecular weight excluding hydrogens is 194 g/mol. The minimum Gasteiger partial charge on any atom is -0.308 e. The first kappa shape index (κ1) is 10.0. The van der Waals surface area contributed by atoms with Gasteiger partial charge in [0, 0.05) is 10.6 Å². The zero-order valence-electron chi connectivity index (χ0n) is 8.52. The molecule has 76 valence electrons. The average molecular weight is 210 g/mol. The summed E-state index contributed by atoms with van der Waals surface area (Å²) in [7, 11) is 0. The highest BCUT2D eigenvalue weighted by molar-refractivity contribution is 6.30. The van der Waals surface area contributed by atoms with Crippen LogP contribution >= 0.6 is 11.6 Å². The van der Waals surface area contributed by atoms with Crippen LogP contribution in [0.3, 0.4) is 0 Å². The van der Waals surface area contributed by atoms with E-state index in [9.17, 15) is 0 Å². The van der Waals surface area contributed by atoms with Gasteiger partial charge < -0.3 is 5.32 Å². The van der Waals surface area contributed by atoms with E-state index < -0.39 is 0 Å². The Bertz CT molecular complexity index is 318. The van der Waals surface area contributed by atoms with Gasteiger partial charge in [-0.25, -0.2) is 0 Å². The van der Waals surface area contributed by atoms with Gasteiger partial charge in [-0.3, -0.25) is 0 Å². The van der Waals surface area contributed by atoms with E-state index in [1.165, 1.54) is 24.8 Å². The average Bonchev–Trinajstić information content (AvgIpc) is 2.11. The van der Waals surface area contributed by atoms with Crippen LogP contribution in [-0.4, -0.2) is 6.54 Å². The normalized spacial score (nSPS) is 19.0. The summed E-state index contributed by atoms with van der Waals surface area (Å²) in [5.41, 5.74) is 1.57. The molecule has 1 aromatic carbocycles. The van der Waals surface area contributed by atoms with Crippen LogP contribution in [-0.2, 0) is 5.54 Å². The molecule has 0 unspecified atom stereocenters. The van der Waals surface area contributed by atoms with Crippen LogP contribution in [0, 0.1) is 0 Å². The largest absolute Gasteiger partial charge is 0.308 e. The summed E-state index contributed by atoms with van der Waals surface area (Å²) >= 11 is 6.00. The molecule has 2 rings (SSSR count). The molecule has 0 saturated heterocycles. The maximum Gasteiger partial charge on any atom is 0.0435 e. The van der Waals surface area contributed by atoms with Gasteiger partial charge in [-0.1, -0.05) is 30.7 Å². The Balaban J connectivity index is 2.27. The van der Waals surface area contributed by atoms with E-state index in [1.807, 2.05) is 12.1 Å². The van der Waals surface area contributed by atoms with Gasteiger partial charge in [0.2, 0.25) is 0 Å². The van der Waals surface area contributed by atoms with Crippen molar-refractivity contribution >= 4 is 11.6 Å². The summed E-state index contributed by atoms with van der Waals surface area (Å²) in [6.07, 6.45) is 3.79. The number of halogens is 1. The van der Waals surface area contributed by atoms with Crippen molar-refractivity contribution in [3.05, 3.63) is 34.9 Å². The summed E-state index contributed by atoms with van der Waals surface area (Å²) in [6, 6.07) is 8.23. The van der Waals surface area contributed by atoms with Gasteiger partial charge >= 0.3 is 0 Å². The van der Waals surface area contributed by atoms with Crippen LogP contribution in [0.5, 0.6) is 0 Å². The van der Waals surface area contributed by atoms with Crippen molar-refractivity contribution in [2.24, 2.45) is 0 Å².